The van der Waals surface area contributed by atoms with E-state index in [0.29, 0.717) is 17.1 Å². The lowest BCUT2D eigenvalue weighted by Gasteiger charge is -2.18. The van der Waals surface area contributed by atoms with Gasteiger partial charge in [0.05, 0.1) is 25.4 Å². The summed E-state index contributed by atoms with van der Waals surface area (Å²) in [7, 11) is 1.50. The molecule has 1 unspecified atom stereocenters. The van der Waals surface area contributed by atoms with Crippen molar-refractivity contribution in [2.24, 2.45) is 0 Å². The zero-order valence-electron chi connectivity index (χ0n) is 16.6. The van der Waals surface area contributed by atoms with Gasteiger partial charge < -0.3 is 15.4 Å². The van der Waals surface area contributed by atoms with Crippen molar-refractivity contribution in [2.75, 3.05) is 24.3 Å². The molecule has 156 valence electrons. The molecule has 6 nitrogen and oxygen atoms in total. The lowest BCUT2D eigenvalue weighted by molar-refractivity contribution is -0.115. The first-order valence-corrected chi connectivity index (χ1v) is 10.1. The molecule has 0 saturated carbocycles. The first-order chi connectivity index (χ1) is 14.5. The van der Waals surface area contributed by atoms with Crippen LogP contribution in [0.25, 0.3) is 0 Å². The molecule has 0 saturated heterocycles. The van der Waals surface area contributed by atoms with Crippen molar-refractivity contribution in [3.8, 4) is 5.75 Å². The third kappa shape index (κ3) is 5.65. The van der Waals surface area contributed by atoms with Crippen LogP contribution in [-0.2, 0) is 9.59 Å². The Bertz CT molecular complexity index is 1010. The number of ether oxygens (including phenoxy) is 1. The van der Waals surface area contributed by atoms with Gasteiger partial charge in [-0.2, -0.15) is 0 Å². The topological polar surface area (TPSA) is 79.5 Å². The predicted molar refractivity (Wildman–Crippen MR) is 116 cm³/mol. The molecule has 0 radical (unpaired) electrons. The molecule has 1 heterocycles. The molecule has 0 aliphatic carbocycles. The third-order valence-electron chi connectivity index (χ3n) is 4.29. The van der Waals surface area contributed by atoms with E-state index in [1.54, 1.807) is 41.7 Å². The van der Waals surface area contributed by atoms with Crippen molar-refractivity contribution < 1.29 is 18.7 Å². The van der Waals surface area contributed by atoms with E-state index in [0.717, 1.165) is 10.4 Å². The summed E-state index contributed by atoms with van der Waals surface area (Å²) in [5.41, 5.74) is 1.86. The molecular weight excluding hydrogens is 405 g/mol. The van der Waals surface area contributed by atoms with Gasteiger partial charge in [0.15, 0.2) is 0 Å². The fourth-order valence-electron chi connectivity index (χ4n) is 2.97. The molecule has 0 spiro atoms. The van der Waals surface area contributed by atoms with Gasteiger partial charge in [0, 0.05) is 17.5 Å². The molecule has 0 fully saturated rings. The quantitative estimate of drug-likeness (QED) is 0.504. The van der Waals surface area contributed by atoms with E-state index >= 15 is 0 Å². The highest BCUT2D eigenvalue weighted by atomic mass is 32.1. The van der Waals surface area contributed by atoms with Crippen LogP contribution in [0.1, 0.15) is 23.4 Å². The number of carbonyl (C=O) groups is 2. The third-order valence-corrected chi connectivity index (χ3v) is 5.23. The summed E-state index contributed by atoms with van der Waals surface area (Å²) < 4.78 is 18.6. The second kappa shape index (κ2) is 10.00. The van der Waals surface area contributed by atoms with Crippen LogP contribution in [0.5, 0.6) is 5.75 Å². The van der Waals surface area contributed by atoms with Crippen molar-refractivity contribution in [1.29, 1.82) is 0 Å². The van der Waals surface area contributed by atoms with Crippen molar-refractivity contribution in [2.45, 2.75) is 13.0 Å². The van der Waals surface area contributed by atoms with Crippen molar-refractivity contribution >= 4 is 34.5 Å². The number of hydrogen-bond donors (Lipinski definition) is 3. The molecule has 3 rings (SSSR count). The summed E-state index contributed by atoms with van der Waals surface area (Å²) in [4.78, 5) is 24.9. The van der Waals surface area contributed by atoms with Crippen LogP contribution in [-0.4, -0.2) is 25.5 Å². The normalized spacial score (nSPS) is 11.6. The Morgan fingerprint density at radius 3 is 2.50 bits per heavy atom. The number of methoxy groups -OCH3 is 1. The number of benzene rings is 2. The maximum Gasteiger partial charge on any atom is 0.238 e. The van der Waals surface area contributed by atoms with Gasteiger partial charge >= 0.3 is 0 Å². The van der Waals surface area contributed by atoms with E-state index in [4.69, 9.17) is 4.74 Å². The minimum absolute atomic E-state index is 0.0213. The SMILES string of the molecule is COc1ccc(NC(C)=O)cc1NC(=O)CNC(c1ccc(F)cc1)c1cccs1. The van der Waals surface area contributed by atoms with Gasteiger partial charge in [0.25, 0.3) is 0 Å². The Balaban J connectivity index is 1.72. The van der Waals surface area contributed by atoms with Gasteiger partial charge in [-0.1, -0.05) is 18.2 Å². The Morgan fingerprint density at radius 1 is 1.10 bits per heavy atom. The molecule has 2 amide bonds. The van der Waals surface area contributed by atoms with Gasteiger partial charge in [-0.05, 0) is 47.3 Å². The summed E-state index contributed by atoms with van der Waals surface area (Å²) in [5.74, 6) is -0.326. The van der Waals surface area contributed by atoms with Gasteiger partial charge in [-0.3, -0.25) is 14.9 Å². The van der Waals surface area contributed by atoms with E-state index in [1.807, 2.05) is 17.5 Å². The summed E-state index contributed by atoms with van der Waals surface area (Å²) in [6, 6.07) is 14.8. The molecule has 0 bridgehead atoms. The van der Waals surface area contributed by atoms with E-state index in [2.05, 4.69) is 16.0 Å². The number of anilines is 2. The number of amides is 2. The van der Waals surface area contributed by atoms with Crippen LogP contribution in [0.2, 0.25) is 0 Å². The molecule has 0 aliphatic heterocycles. The fourth-order valence-corrected chi connectivity index (χ4v) is 3.80. The first kappa shape index (κ1) is 21.5. The van der Waals surface area contributed by atoms with E-state index in [9.17, 15) is 14.0 Å². The smallest absolute Gasteiger partial charge is 0.238 e. The average Bonchev–Trinajstić information content (AvgIpc) is 3.24. The monoisotopic (exact) mass is 427 g/mol. The van der Waals surface area contributed by atoms with Gasteiger partial charge in [0.1, 0.15) is 11.6 Å². The molecule has 3 N–H and O–H groups in total. The zero-order valence-corrected chi connectivity index (χ0v) is 17.4. The molecule has 1 aromatic heterocycles. The number of thiophene rings is 1. The van der Waals surface area contributed by atoms with Crippen LogP contribution in [0.15, 0.2) is 60.0 Å². The lowest BCUT2D eigenvalue weighted by Crippen LogP contribution is -2.31. The number of nitrogens with one attached hydrogen (secondary N) is 3. The van der Waals surface area contributed by atoms with Gasteiger partial charge in [-0.15, -0.1) is 11.3 Å². The fraction of sp³-hybridized carbons (Fsp3) is 0.182. The van der Waals surface area contributed by atoms with Crippen LogP contribution in [0.3, 0.4) is 0 Å². The highest BCUT2D eigenvalue weighted by Gasteiger charge is 2.17. The largest absolute Gasteiger partial charge is 0.495 e. The minimum atomic E-state index is -0.312. The van der Waals surface area contributed by atoms with E-state index in [1.165, 1.54) is 26.2 Å². The van der Waals surface area contributed by atoms with Crippen molar-refractivity contribution in [1.82, 2.24) is 5.32 Å². The van der Waals surface area contributed by atoms with Gasteiger partial charge in [-0.25, -0.2) is 4.39 Å². The van der Waals surface area contributed by atoms with Gasteiger partial charge in [0.2, 0.25) is 11.8 Å². The van der Waals surface area contributed by atoms with Crippen molar-refractivity contribution in [3.05, 3.63) is 76.2 Å². The van der Waals surface area contributed by atoms with Crippen LogP contribution >= 0.6 is 11.3 Å². The highest BCUT2D eigenvalue weighted by molar-refractivity contribution is 7.10. The zero-order chi connectivity index (χ0) is 21.5. The maximum absolute atomic E-state index is 13.3. The average molecular weight is 428 g/mol. The van der Waals surface area contributed by atoms with Crippen LogP contribution in [0, 0.1) is 5.82 Å². The second-order valence-corrected chi connectivity index (χ2v) is 7.50. The summed E-state index contributed by atoms with van der Waals surface area (Å²) in [6.45, 7) is 1.43. The predicted octanol–water partition coefficient (Wildman–Crippen LogP) is 4.17. The first-order valence-electron chi connectivity index (χ1n) is 9.24. The number of hydrogen-bond acceptors (Lipinski definition) is 5. The second-order valence-electron chi connectivity index (χ2n) is 6.53. The molecular formula is C22H22FN3O3S. The Morgan fingerprint density at radius 2 is 1.87 bits per heavy atom. The maximum atomic E-state index is 13.3. The molecule has 0 aliphatic rings. The lowest BCUT2D eigenvalue weighted by atomic mass is 10.1. The van der Waals surface area contributed by atoms with Crippen LogP contribution < -0.4 is 20.7 Å². The molecule has 2 aromatic carbocycles. The highest BCUT2D eigenvalue weighted by Crippen LogP contribution is 2.28. The van der Waals surface area contributed by atoms with Crippen LogP contribution in [0.4, 0.5) is 15.8 Å². The Kier molecular flexibility index (Phi) is 7.16. The summed E-state index contributed by atoms with van der Waals surface area (Å²) in [6.07, 6.45) is 0. The molecule has 8 heteroatoms. The minimum Gasteiger partial charge on any atom is -0.495 e. The standard InChI is InChI=1S/C22H22FN3O3S/c1-14(27)25-17-9-10-19(29-2)18(12-17)26-21(28)13-24-22(20-4-3-11-30-20)15-5-7-16(23)8-6-15/h3-12,22,24H,13H2,1-2H3,(H,25,27)(H,26,28). The van der Waals surface area contributed by atoms with E-state index in [-0.39, 0.29) is 30.2 Å². The Hall–Kier alpha value is -3.23. The number of carbonyl (C=O) groups excluding carboxylic acids is 2. The summed E-state index contributed by atoms with van der Waals surface area (Å²) in [5, 5.41) is 10.7. The molecule has 30 heavy (non-hydrogen) atoms. The van der Waals surface area contributed by atoms with E-state index < -0.39 is 0 Å². The molecule has 3 aromatic rings. The number of rotatable bonds is 8. The van der Waals surface area contributed by atoms with Crippen molar-refractivity contribution in [3.63, 3.8) is 0 Å². The molecule has 1 atom stereocenters. The Labute approximate surface area is 178 Å². The number of halogens is 1. The summed E-state index contributed by atoms with van der Waals surface area (Å²) >= 11 is 1.55.